The van der Waals surface area contributed by atoms with E-state index >= 15 is 0 Å². The Labute approximate surface area is 147 Å². The van der Waals surface area contributed by atoms with Gasteiger partial charge in [0.15, 0.2) is 0 Å². The van der Waals surface area contributed by atoms with Gasteiger partial charge in [0.1, 0.15) is 0 Å². The Balaban J connectivity index is 1.88. The van der Waals surface area contributed by atoms with Crippen LogP contribution < -0.4 is 5.32 Å². The molecule has 2 heterocycles. The molecule has 136 valence electrons. The number of carbonyl (C=O) groups excluding carboxylic acids is 1. The maximum absolute atomic E-state index is 12.7. The van der Waals surface area contributed by atoms with Crippen molar-refractivity contribution < 1.29 is 4.79 Å². The van der Waals surface area contributed by atoms with Gasteiger partial charge in [0.2, 0.25) is 5.91 Å². The van der Waals surface area contributed by atoms with Gasteiger partial charge in [0, 0.05) is 38.8 Å². The third-order valence-corrected chi connectivity index (χ3v) is 5.47. The van der Waals surface area contributed by atoms with E-state index in [9.17, 15) is 4.79 Å². The number of piperidine rings is 1. The van der Waals surface area contributed by atoms with Crippen molar-refractivity contribution in [2.24, 2.45) is 5.92 Å². The predicted octanol–water partition coefficient (Wildman–Crippen LogP) is 0.862. The van der Waals surface area contributed by atoms with Crippen LogP contribution in [0.2, 0.25) is 0 Å². The highest BCUT2D eigenvalue weighted by Gasteiger charge is 2.30. The van der Waals surface area contributed by atoms with Gasteiger partial charge in [-0.1, -0.05) is 26.2 Å². The lowest BCUT2D eigenvalue weighted by Gasteiger charge is -2.40. The van der Waals surface area contributed by atoms with E-state index in [1.807, 2.05) is 0 Å². The van der Waals surface area contributed by atoms with Crippen LogP contribution in [0.1, 0.15) is 33.1 Å². The molecule has 0 spiro atoms. The van der Waals surface area contributed by atoms with Gasteiger partial charge in [-0.3, -0.25) is 14.6 Å². The highest BCUT2D eigenvalue weighted by atomic mass is 16.2. The molecule has 0 radical (unpaired) electrons. The Hall–Kier alpha value is -1.09. The average molecular weight is 335 g/mol. The third-order valence-electron chi connectivity index (χ3n) is 5.47. The number of amides is 1. The highest BCUT2D eigenvalue weighted by Crippen LogP contribution is 2.17. The summed E-state index contributed by atoms with van der Waals surface area (Å²) < 4.78 is 0. The molecule has 2 rings (SSSR count). The number of likely N-dealkylation sites (tertiary alicyclic amines) is 1. The molecule has 0 saturated carbocycles. The molecule has 0 aromatic heterocycles. The zero-order chi connectivity index (χ0) is 17.5. The summed E-state index contributed by atoms with van der Waals surface area (Å²) in [4.78, 5) is 19.7. The van der Waals surface area contributed by atoms with E-state index < -0.39 is 0 Å². The van der Waals surface area contributed by atoms with Crippen LogP contribution in [0, 0.1) is 18.3 Å². The number of terminal acetylenes is 1. The lowest BCUT2D eigenvalue weighted by atomic mass is 9.99. The minimum Gasteiger partial charge on any atom is -0.353 e. The normalized spacial score (nSPS) is 25.4. The zero-order valence-electron chi connectivity index (χ0n) is 15.6. The summed E-state index contributed by atoms with van der Waals surface area (Å²) in [5.74, 6) is 3.38. The van der Waals surface area contributed by atoms with Crippen LogP contribution in [0.3, 0.4) is 0 Å². The Bertz CT molecular complexity index is 437. The van der Waals surface area contributed by atoms with Crippen molar-refractivity contribution in [3.05, 3.63) is 0 Å². The molecule has 2 fully saturated rings. The van der Waals surface area contributed by atoms with E-state index in [1.165, 1.54) is 0 Å². The maximum Gasteiger partial charge on any atom is 0.237 e. The van der Waals surface area contributed by atoms with Crippen molar-refractivity contribution >= 4 is 5.91 Å². The second-order valence-corrected chi connectivity index (χ2v) is 7.58. The quantitative estimate of drug-likeness (QED) is 0.732. The molecular weight excluding hydrogens is 300 g/mol. The largest absolute Gasteiger partial charge is 0.353 e. The SMILES string of the molecule is C#CCN1CCCCC1C(=O)NCC(C(C)C)N1CCN(C)CC1. The number of likely N-dealkylation sites (N-methyl/N-ethyl adjacent to an activating group) is 1. The Morgan fingerprint density at radius 3 is 2.54 bits per heavy atom. The lowest BCUT2D eigenvalue weighted by molar-refractivity contribution is -0.127. The second kappa shape index (κ2) is 9.41. The fourth-order valence-electron chi connectivity index (χ4n) is 3.86. The van der Waals surface area contributed by atoms with Crippen molar-refractivity contribution in [1.82, 2.24) is 20.0 Å². The molecule has 5 heteroatoms. The molecule has 2 unspecified atom stereocenters. The summed E-state index contributed by atoms with van der Waals surface area (Å²) in [6.07, 6.45) is 8.64. The standard InChI is InChI=1S/C19H34N4O/c1-5-9-22-10-7-6-8-17(22)19(24)20-15-18(16(2)3)23-13-11-21(4)12-14-23/h1,16-18H,6-15H2,2-4H3,(H,20,24). The van der Waals surface area contributed by atoms with Gasteiger partial charge in [0.05, 0.1) is 12.6 Å². The number of nitrogens with zero attached hydrogens (tertiary/aromatic N) is 3. The van der Waals surface area contributed by atoms with Gasteiger partial charge < -0.3 is 10.2 Å². The van der Waals surface area contributed by atoms with Gasteiger partial charge in [0.25, 0.3) is 0 Å². The summed E-state index contributed by atoms with van der Waals surface area (Å²) in [6.45, 7) is 11.1. The lowest BCUT2D eigenvalue weighted by Crippen LogP contribution is -2.56. The molecule has 0 bridgehead atoms. The molecule has 1 amide bonds. The van der Waals surface area contributed by atoms with E-state index in [0.717, 1.165) is 58.5 Å². The minimum absolute atomic E-state index is 0.0462. The Kier molecular flexibility index (Phi) is 7.54. The van der Waals surface area contributed by atoms with Crippen LogP contribution in [0.5, 0.6) is 0 Å². The first kappa shape index (κ1) is 19.2. The molecular formula is C19H34N4O. The Morgan fingerprint density at radius 1 is 1.21 bits per heavy atom. The average Bonchev–Trinajstić information content (AvgIpc) is 2.57. The Morgan fingerprint density at radius 2 is 1.92 bits per heavy atom. The van der Waals surface area contributed by atoms with Crippen LogP contribution in [0.25, 0.3) is 0 Å². The summed E-state index contributed by atoms with van der Waals surface area (Å²) in [7, 11) is 2.17. The van der Waals surface area contributed by atoms with Crippen molar-refractivity contribution in [2.45, 2.75) is 45.2 Å². The molecule has 1 N–H and O–H groups in total. The van der Waals surface area contributed by atoms with E-state index in [2.05, 4.69) is 46.8 Å². The van der Waals surface area contributed by atoms with Crippen molar-refractivity contribution in [3.63, 3.8) is 0 Å². The fourth-order valence-corrected chi connectivity index (χ4v) is 3.86. The summed E-state index contributed by atoms with van der Waals surface area (Å²) >= 11 is 0. The molecule has 5 nitrogen and oxygen atoms in total. The summed E-state index contributed by atoms with van der Waals surface area (Å²) in [5, 5.41) is 3.23. The molecule has 2 atom stereocenters. The van der Waals surface area contributed by atoms with Crippen LogP contribution in [-0.2, 0) is 4.79 Å². The van der Waals surface area contributed by atoms with Crippen molar-refractivity contribution in [1.29, 1.82) is 0 Å². The number of hydrogen-bond donors (Lipinski definition) is 1. The van der Waals surface area contributed by atoms with Gasteiger partial charge >= 0.3 is 0 Å². The summed E-state index contributed by atoms with van der Waals surface area (Å²) in [6, 6.07) is 0.363. The first-order valence-electron chi connectivity index (χ1n) is 9.40. The topological polar surface area (TPSA) is 38.8 Å². The molecule has 2 aliphatic heterocycles. The zero-order valence-corrected chi connectivity index (χ0v) is 15.6. The minimum atomic E-state index is -0.0462. The summed E-state index contributed by atoms with van der Waals surface area (Å²) in [5.41, 5.74) is 0. The van der Waals surface area contributed by atoms with Gasteiger partial charge in [-0.2, -0.15) is 0 Å². The van der Waals surface area contributed by atoms with Gasteiger partial charge in [-0.25, -0.2) is 0 Å². The second-order valence-electron chi connectivity index (χ2n) is 7.58. The molecule has 24 heavy (non-hydrogen) atoms. The first-order chi connectivity index (χ1) is 11.5. The molecule has 0 aliphatic carbocycles. The molecule has 0 aromatic carbocycles. The molecule has 2 saturated heterocycles. The first-order valence-corrected chi connectivity index (χ1v) is 9.40. The van der Waals surface area contributed by atoms with E-state index in [-0.39, 0.29) is 11.9 Å². The fraction of sp³-hybridized carbons (Fsp3) is 0.842. The monoisotopic (exact) mass is 334 g/mol. The number of rotatable bonds is 6. The van der Waals surface area contributed by atoms with Crippen LogP contribution in [-0.4, -0.2) is 85.6 Å². The smallest absolute Gasteiger partial charge is 0.237 e. The van der Waals surface area contributed by atoms with E-state index in [4.69, 9.17) is 6.42 Å². The molecule has 2 aliphatic rings. The maximum atomic E-state index is 12.7. The van der Waals surface area contributed by atoms with Crippen LogP contribution in [0.15, 0.2) is 0 Å². The predicted molar refractivity (Wildman–Crippen MR) is 98.8 cm³/mol. The number of hydrogen-bond acceptors (Lipinski definition) is 4. The van der Waals surface area contributed by atoms with Gasteiger partial charge in [-0.15, -0.1) is 6.42 Å². The molecule has 0 aromatic rings. The van der Waals surface area contributed by atoms with Crippen LogP contribution >= 0.6 is 0 Å². The van der Waals surface area contributed by atoms with Crippen molar-refractivity contribution in [3.8, 4) is 12.3 Å². The van der Waals surface area contributed by atoms with Gasteiger partial charge in [-0.05, 0) is 32.4 Å². The number of nitrogens with one attached hydrogen (secondary N) is 1. The van der Waals surface area contributed by atoms with Crippen molar-refractivity contribution in [2.75, 3.05) is 52.9 Å². The van der Waals surface area contributed by atoms with Crippen LogP contribution in [0.4, 0.5) is 0 Å². The number of carbonyl (C=O) groups is 1. The third kappa shape index (κ3) is 5.20. The van der Waals surface area contributed by atoms with E-state index in [1.54, 1.807) is 0 Å². The number of piperazine rings is 1. The highest BCUT2D eigenvalue weighted by molar-refractivity contribution is 5.81. The van der Waals surface area contributed by atoms with E-state index in [0.29, 0.717) is 18.5 Å².